The summed E-state index contributed by atoms with van der Waals surface area (Å²) in [6.45, 7) is 2.03. The monoisotopic (exact) mass is 615 g/mol. The number of carbonyl (C=O) groups is 2. The highest BCUT2D eigenvalue weighted by Crippen LogP contribution is 2.30. The molecule has 0 unspecified atom stereocenters. The van der Waals surface area contributed by atoms with Crippen LogP contribution in [0.1, 0.15) is 24.5 Å². The summed E-state index contributed by atoms with van der Waals surface area (Å²) in [7, 11) is -2.44. The van der Waals surface area contributed by atoms with Crippen molar-refractivity contribution in [1.82, 2.24) is 10.2 Å². The number of sulfonamides is 1. The van der Waals surface area contributed by atoms with Crippen LogP contribution in [0.4, 0.5) is 5.69 Å². The van der Waals surface area contributed by atoms with E-state index in [-0.39, 0.29) is 24.6 Å². The van der Waals surface area contributed by atoms with E-state index in [9.17, 15) is 18.0 Å². The van der Waals surface area contributed by atoms with Gasteiger partial charge in [-0.05, 0) is 41.8 Å². The molecule has 0 saturated carbocycles. The van der Waals surface area contributed by atoms with Crippen molar-refractivity contribution in [3.8, 4) is 5.75 Å². The van der Waals surface area contributed by atoms with Crippen LogP contribution in [-0.2, 0) is 32.6 Å². The molecule has 0 aromatic heterocycles. The second kappa shape index (κ2) is 14.1. The Balaban J connectivity index is 2.05. The Bertz CT molecular complexity index is 1350. The van der Waals surface area contributed by atoms with E-state index < -0.39 is 28.5 Å². The maximum absolute atomic E-state index is 14.0. The molecule has 0 heterocycles. The average Bonchev–Trinajstić information content (AvgIpc) is 2.93. The minimum atomic E-state index is -3.88. The van der Waals surface area contributed by atoms with Crippen molar-refractivity contribution < 1.29 is 22.7 Å². The third kappa shape index (κ3) is 8.56. The van der Waals surface area contributed by atoms with Crippen LogP contribution >= 0.6 is 15.9 Å². The molecule has 1 N–H and O–H groups in total. The smallest absolute Gasteiger partial charge is 0.244 e. The standard InChI is InChI=1S/C29H34BrN3O5S/c1-4-18-31-29(35)26(19-22-10-6-5-7-11-22)32(20-23-14-16-24(30)17-15-23)28(34)21-33(39(3,36)37)25-12-8-9-13-27(25)38-2/h5-17,26H,4,18-21H2,1-3H3,(H,31,35)/t26-/m0/s1. The first kappa shape index (κ1) is 30.2. The van der Waals surface area contributed by atoms with Crippen molar-refractivity contribution in [2.24, 2.45) is 0 Å². The van der Waals surface area contributed by atoms with Gasteiger partial charge in [-0.15, -0.1) is 0 Å². The Morgan fingerprint density at radius 1 is 0.949 bits per heavy atom. The van der Waals surface area contributed by atoms with Gasteiger partial charge in [0.2, 0.25) is 21.8 Å². The van der Waals surface area contributed by atoms with E-state index in [1.165, 1.54) is 12.0 Å². The molecule has 3 aromatic carbocycles. The first-order chi connectivity index (χ1) is 18.6. The van der Waals surface area contributed by atoms with Crippen LogP contribution in [0.5, 0.6) is 5.75 Å². The normalized spacial score (nSPS) is 11.9. The Kier molecular flexibility index (Phi) is 10.9. The zero-order valence-corrected chi connectivity index (χ0v) is 24.7. The van der Waals surface area contributed by atoms with Crippen LogP contribution in [0.25, 0.3) is 0 Å². The molecule has 2 amide bonds. The van der Waals surface area contributed by atoms with E-state index >= 15 is 0 Å². The molecule has 10 heteroatoms. The first-order valence-corrected chi connectivity index (χ1v) is 15.2. The lowest BCUT2D eigenvalue weighted by molar-refractivity contribution is -0.140. The minimum absolute atomic E-state index is 0.118. The largest absolute Gasteiger partial charge is 0.495 e. The zero-order valence-electron chi connectivity index (χ0n) is 22.3. The molecule has 208 valence electrons. The lowest BCUT2D eigenvalue weighted by Gasteiger charge is -2.33. The molecular formula is C29H34BrN3O5S. The number of nitrogens with one attached hydrogen (secondary N) is 1. The van der Waals surface area contributed by atoms with Gasteiger partial charge >= 0.3 is 0 Å². The minimum Gasteiger partial charge on any atom is -0.495 e. The van der Waals surface area contributed by atoms with Crippen molar-refractivity contribution in [2.45, 2.75) is 32.4 Å². The lowest BCUT2D eigenvalue weighted by atomic mass is 10.0. The number of para-hydroxylation sites is 2. The molecule has 1 atom stereocenters. The van der Waals surface area contributed by atoms with E-state index in [1.807, 2.05) is 61.5 Å². The number of halogens is 1. The summed E-state index contributed by atoms with van der Waals surface area (Å²) in [6.07, 6.45) is 2.05. The summed E-state index contributed by atoms with van der Waals surface area (Å²) in [5.41, 5.74) is 1.93. The van der Waals surface area contributed by atoms with Crippen LogP contribution < -0.4 is 14.4 Å². The summed E-state index contributed by atoms with van der Waals surface area (Å²) in [6, 6.07) is 22.6. The second-order valence-corrected chi connectivity index (χ2v) is 11.9. The maximum Gasteiger partial charge on any atom is 0.244 e. The van der Waals surface area contributed by atoms with Gasteiger partial charge in [-0.3, -0.25) is 13.9 Å². The fourth-order valence-corrected chi connectivity index (χ4v) is 5.25. The van der Waals surface area contributed by atoms with E-state index in [2.05, 4.69) is 21.2 Å². The van der Waals surface area contributed by atoms with Crippen LogP contribution in [0.15, 0.2) is 83.3 Å². The predicted octanol–water partition coefficient (Wildman–Crippen LogP) is 4.39. The molecule has 0 aliphatic rings. The van der Waals surface area contributed by atoms with Gasteiger partial charge in [0, 0.05) is 24.0 Å². The topological polar surface area (TPSA) is 96.0 Å². The van der Waals surface area contributed by atoms with Crippen LogP contribution in [0.3, 0.4) is 0 Å². The van der Waals surface area contributed by atoms with Crippen LogP contribution in [0, 0.1) is 0 Å². The molecule has 3 rings (SSSR count). The molecule has 8 nitrogen and oxygen atoms in total. The third-order valence-electron chi connectivity index (χ3n) is 6.12. The maximum atomic E-state index is 14.0. The second-order valence-electron chi connectivity index (χ2n) is 9.09. The Morgan fingerprint density at radius 3 is 2.21 bits per heavy atom. The molecule has 0 aliphatic heterocycles. The number of methoxy groups -OCH3 is 1. The Morgan fingerprint density at radius 2 is 1.59 bits per heavy atom. The van der Waals surface area contributed by atoms with Gasteiger partial charge in [0.1, 0.15) is 18.3 Å². The van der Waals surface area contributed by atoms with E-state index in [4.69, 9.17) is 4.74 Å². The lowest BCUT2D eigenvalue weighted by Crippen LogP contribution is -2.53. The number of ether oxygens (including phenoxy) is 1. The summed E-state index contributed by atoms with van der Waals surface area (Å²) in [5, 5.41) is 2.92. The van der Waals surface area contributed by atoms with Crippen LogP contribution in [-0.4, -0.2) is 57.6 Å². The molecule has 0 radical (unpaired) electrons. The third-order valence-corrected chi connectivity index (χ3v) is 7.77. The van der Waals surface area contributed by atoms with E-state index in [1.54, 1.807) is 24.3 Å². The molecule has 3 aromatic rings. The highest BCUT2D eigenvalue weighted by atomic mass is 79.9. The summed E-state index contributed by atoms with van der Waals surface area (Å²) < 4.78 is 33.1. The molecule has 39 heavy (non-hydrogen) atoms. The van der Waals surface area contributed by atoms with Gasteiger partial charge in [-0.1, -0.05) is 77.5 Å². The fraction of sp³-hybridized carbons (Fsp3) is 0.310. The van der Waals surface area contributed by atoms with Gasteiger partial charge in [-0.2, -0.15) is 0 Å². The number of carbonyl (C=O) groups excluding carboxylic acids is 2. The highest BCUT2D eigenvalue weighted by molar-refractivity contribution is 9.10. The number of amides is 2. The van der Waals surface area contributed by atoms with Gasteiger partial charge < -0.3 is 15.0 Å². The molecule has 0 fully saturated rings. The van der Waals surface area contributed by atoms with Gasteiger partial charge in [-0.25, -0.2) is 8.42 Å². The molecule has 0 spiro atoms. The number of anilines is 1. The Labute approximate surface area is 239 Å². The number of rotatable bonds is 13. The predicted molar refractivity (Wildman–Crippen MR) is 157 cm³/mol. The molecule has 0 bridgehead atoms. The Hall–Kier alpha value is -3.37. The quantitative estimate of drug-likeness (QED) is 0.308. The molecular weight excluding hydrogens is 582 g/mol. The summed E-state index contributed by atoms with van der Waals surface area (Å²) in [4.78, 5) is 29.0. The number of benzene rings is 3. The highest BCUT2D eigenvalue weighted by Gasteiger charge is 2.33. The summed E-state index contributed by atoms with van der Waals surface area (Å²) >= 11 is 3.43. The summed E-state index contributed by atoms with van der Waals surface area (Å²) in [5.74, 6) is -0.493. The van der Waals surface area contributed by atoms with Crippen molar-refractivity contribution in [3.05, 3.63) is 94.5 Å². The zero-order chi connectivity index (χ0) is 28.4. The SMILES string of the molecule is CCCNC(=O)[C@H](Cc1ccccc1)N(Cc1ccc(Br)cc1)C(=O)CN(c1ccccc1OC)S(C)(=O)=O. The number of hydrogen-bond donors (Lipinski definition) is 1. The van der Waals surface area contributed by atoms with E-state index in [0.29, 0.717) is 12.3 Å². The van der Waals surface area contributed by atoms with Crippen LogP contribution in [0.2, 0.25) is 0 Å². The van der Waals surface area contributed by atoms with Crippen molar-refractivity contribution in [3.63, 3.8) is 0 Å². The number of nitrogens with zero attached hydrogens (tertiary/aromatic N) is 2. The molecule has 0 aliphatic carbocycles. The van der Waals surface area contributed by atoms with E-state index in [0.717, 1.165) is 32.6 Å². The number of hydrogen-bond acceptors (Lipinski definition) is 5. The fourth-order valence-electron chi connectivity index (χ4n) is 4.14. The first-order valence-electron chi connectivity index (χ1n) is 12.6. The van der Waals surface area contributed by atoms with Crippen molar-refractivity contribution in [1.29, 1.82) is 0 Å². The van der Waals surface area contributed by atoms with Crippen molar-refractivity contribution in [2.75, 3.05) is 30.8 Å². The van der Waals surface area contributed by atoms with Gasteiger partial charge in [0.25, 0.3) is 0 Å². The molecule has 0 saturated heterocycles. The van der Waals surface area contributed by atoms with Crippen molar-refractivity contribution >= 4 is 43.5 Å². The van der Waals surface area contributed by atoms with Gasteiger partial charge in [0.05, 0.1) is 19.1 Å². The average molecular weight is 617 g/mol. The van der Waals surface area contributed by atoms with Gasteiger partial charge in [0.15, 0.2) is 0 Å².